The molecule has 1 unspecified atom stereocenters. The van der Waals surface area contributed by atoms with Crippen molar-refractivity contribution >= 4 is 8.56 Å². The summed E-state index contributed by atoms with van der Waals surface area (Å²) in [6, 6.07) is 0.809. The number of rotatable bonds is 7. The van der Waals surface area contributed by atoms with Crippen molar-refractivity contribution in [2.75, 3.05) is 13.2 Å². The highest BCUT2D eigenvalue weighted by Crippen LogP contribution is 2.20. The smallest absolute Gasteiger partial charge is 0.367 e. The normalized spacial score (nSPS) is 14.5. The average Bonchev–Trinajstić information content (AvgIpc) is 2.16. The van der Waals surface area contributed by atoms with Crippen molar-refractivity contribution in [2.24, 2.45) is 0 Å². The number of aliphatic hydroxyl groups is 1. The van der Waals surface area contributed by atoms with Crippen LogP contribution in [0.3, 0.4) is 0 Å². The third-order valence-corrected chi connectivity index (χ3v) is 6.13. The van der Waals surface area contributed by atoms with E-state index in [1.165, 1.54) is 0 Å². The van der Waals surface area contributed by atoms with Crippen molar-refractivity contribution in [3.05, 3.63) is 0 Å². The Morgan fingerprint density at radius 2 is 1.54 bits per heavy atom. The molecule has 3 nitrogen and oxygen atoms in total. The lowest BCUT2D eigenvalue weighted by Crippen LogP contribution is -2.53. The first-order chi connectivity index (χ1) is 6.16. The van der Waals surface area contributed by atoms with E-state index in [0.29, 0.717) is 19.6 Å². The van der Waals surface area contributed by atoms with Gasteiger partial charge >= 0.3 is 8.56 Å². The molecule has 0 saturated carbocycles. The van der Waals surface area contributed by atoms with Crippen LogP contribution in [-0.2, 0) is 8.85 Å². The lowest BCUT2D eigenvalue weighted by molar-refractivity contribution is 0.109. The summed E-state index contributed by atoms with van der Waals surface area (Å²) < 4.78 is 11.3. The number of hydrogen-bond donors (Lipinski definition) is 1. The number of aliphatic hydroxyl groups excluding tert-OH is 1. The van der Waals surface area contributed by atoms with E-state index in [0.717, 1.165) is 6.04 Å². The van der Waals surface area contributed by atoms with Gasteiger partial charge in [0.15, 0.2) is 0 Å². The van der Waals surface area contributed by atoms with Crippen LogP contribution in [0.4, 0.5) is 0 Å². The summed E-state index contributed by atoms with van der Waals surface area (Å²) in [6.07, 6.45) is 0.708. The SMILES string of the molecule is CCO[Si](CC)(OCC)C(O)CC. The fourth-order valence-electron chi connectivity index (χ4n) is 1.47. The van der Waals surface area contributed by atoms with Crippen LogP contribution in [0.1, 0.15) is 34.1 Å². The van der Waals surface area contributed by atoms with E-state index in [-0.39, 0.29) is 0 Å². The molecule has 0 saturated heterocycles. The standard InChI is InChI=1S/C9H22O3Si/c1-5-9(10)13(8-4,11-6-2)12-7-3/h9-10H,5-8H2,1-4H3. The highest BCUT2D eigenvalue weighted by molar-refractivity contribution is 6.68. The van der Waals surface area contributed by atoms with Gasteiger partial charge in [-0.2, -0.15) is 0 Å². The van der Waals surface area contributed by atoms with Crippen LogP contribution in [0.25, 0.3) is 0 Å². The minimum atomic E-state index is -2.32. The Labute approximate surface area is 82.3 Å². The molecule has 0 fully saturated rings. The summed E-state index contributed by atoms with van der Waals surface area (Å²) in [6.45, 7) is 9.11. The fraction of sp³-hybridized carbons (Fsp3) is 1.00. The highest BCUT2D eigenvalue weighted by atomic mass is 28.4. The van der Waals surface area contributed by atoms with Gasteiger partial charge in [0.2, 0.25) is 0 Å². The van der Waals surface area contributed by atoms with Gasteiger partial charge < -0.3 is 14.0 Å². The van der Waals surface area contributed by atoms with Crippen LogP contribution in [0.5, 0.6) is 0 Å². The molecular formula is C9H22O3Si. The van der Waals surface area contributed by atoms with Crippen molar-refractivity contribution in [1.29, 1.82) is 0 Å². The molecule has 0 spiro atoms. The van der Waals surface area contributed by atoms with E-state index in [2.05, 4.69) is 0 Å². The second-order valence-electron chi connectivity index (χ2n) is 2.96. The fourth-order valence-corrected chi connectivity index (χ4v) is 4.42. The molecule has 0 radical (unpaired) electrons. The molecule has 1 atom stereocenters. The minimum absolute atomic E-state index is 0.405. The van der Waals surface area contributed by atoms with Gasteiger partial charge in [-0.25, -0.2) is 0 Å². The molecule has 13 heavy (non-hydrogen) atoms. The molecule has 0 aromatic heterocycles. The molecule has 0 heterocycles. The molecule has 4 heteroatoms. The van der Waals surface area contributed by atoms with E-state index in [9.17, 15) is 5.11 Å². The van der Waals surface area contributed by atoms with Gasteiger partial charge in [-0.1, -0.05) is 13.8 Å². The van der Waals surface area contributed by atoms with Crippen molar-refractivity contribution in [1.82, 2.24) is 0 Å². The average molecular weight is 206 g/mol. The molecule has 0 aliphatic carbocycles. The minimum Gasteiger partial charge on any atom is -0.393 e. The monoisotopic (exact) mass is 206 g/mol. The van der Waals surface area contributed by atoms with Crippen LogP contribution in [0, 0.1) is 0 Å². The number of hydrogen-bond acceptors (Lipinski definition) is 3. The Hall–Kier alpha value is 0.0969. The maximum absolute atomic E-state index is 9.84. The molecule has 0 aliphatic rings. The van der Waals surface area contributed by atoms with Gasteiger partial charge in [0, 0.05) is 13.2 Å². The summed E-state index contributed by atoms with van der Waals surface area (Å²) >= 11 is 0. The molecule has 0 aromatic carbocycles. The van der Waals surface area contributed by atoms with Crippen molar-refractivity contribution in [3.63, 3.8) is 0 Å². The first kappa shape index (κ1) is 13.1. The Balaban J connectivity index is 4.42. The van der Waals surface area contributed by atoms with E-state index in [1.807, 2.05) is 27.7 Å². The van der Waals surface area contributed by atoms with E-state index >= 15 is 0 Å². The third kappa shape index (κ3) is 3.38. The second kappa shape index (κ2) is 6.54. The summed E-state index contributed by atoms with van der Waals surface area (Å²) in [4.78, 5) is 0. The van der Waals surface area contributed by atoms with Crippen LogP contribution in [0.15, 0.2) is 0 Å². The zero-order chi connectivity index (χ0) is 10.3. The van der Waals surface area contributed by atoms with Crippen LogP contribution in [0.2, 0.25) is 6.04 Å². The first-order valence-electron chi connectivity index (χ1n) is 5.12. The van der Waals surface area contributed by atoms with Crippen molar-refractivity contribution < 1.29 is 14.0 Å². The zero-order valence-electron chi connectivity index (χ0n) is 9.17. The zero-order valence-corrected chi connectivity index (χ0v) is 10.2. The Morgan fingerprint density at radius 1 is 1.08 bits per heavy atom. The topological polar surface area (TPSA) is 38.7 Å². The Kier molecular flexibility index (Phi) is 6.58. The lowest BCUT2D eigenvalue weighted by Gasteiger charge is -2.32. The van der Waals surface area contributed by atoms with Gasteiger partial charge in [-0.3, -0.25) is 0 Å². The van der Waals surface area contributed by atoms with Gasteiger partial charge in [-0.15, -0.1) is 0 Å². The molecule has 0 aromatic rings. The summed E-state index contributed by atoms with van der Waals surface area (Å²) in [5, 5.41) is 9.84. The van der Waals surface area contributed by atoms with Gasteiger partial charge in [0.05, 0.1) is 5.73 Å². The first-order valence-corrected chi connectivity index (χ1v) is 7.22. The summed E-state index contributed by atoms with van der Waals surface area (Å²) in [5.41, 5.74) is -0.405. The Morgan fingerprint density at radius 3 is 1.77 bits per heavy atom. The summed E-state index contributed by atoms with van der Waals surface area (Å²) in [7, 11) is -2.32. The molecular weight excluding hydrogens is 184 g/mol. The van der Waals surface area contributed by atoms with E-state index in [4.69, 9.17) is 8.85 Å². The quantitative estimate of drug-likeness (QED) is 0.646. The predicted octanol–water partition coefficient (Wildman–Crippen LogP) is 1.83. The molecule has 80 valence electrons. The van der Waals surface area contributed by atoms with E-state index in [1.54, 1.807) is 0 Å². The molecule has 0 bridgehead atoms. The van der Waals surface area contributed by atoms with Gasteiger partial charge in [0.25, 0.3) is 0 Å². The Bertz CT molecular complexity index is 124. The second-order valence-corrected chi connectivity index (χ2v) is 6.53. The summed E-state index contributed by atoms with van der Waals surface area (Å²) in [5.74, 6) is 0. The van der Waals surface area contributed by atoms with Crippen LogP contribution >= 0.6 is 0 Å². The van der Waals surface area contributed by atoms with Crippen LogP contribution in [-0.4, -0.2) is 32.6 Å². The predicted molar refractivity (Wildman–Crippen MR) is 55.8 cm³/mol. The van der Waals surface area contributed by atoms with E-state index < -0.39 is 14.3 Å². The maximum Gasteiger partial charge on any atom is 0.367 e. The van der Waals surface area contributed by atoms with Crippen molar-refractivity contribution in [2.45, 2.75) is 45.9 Å². The van der Waals surface area contributed by atoms with Gasteiger partial charge in [-0.05, 0) is 26.3 Å². The molecule has 0 aliphatic heterocycles. The third-order valence-electron chi connectivity index (χ3n) is 2.16. The molecule has 1 N–H and O–H groups in total. The van der Waals surface area contributed by atoms with Crippen molar-refractivity contribution in [3.8, 4) is 0 Å². The van der Waals surface area contributed by atoms with Gasteiger partial charge in [0.1, 0.15) is 0 Å². The van der Waals surface area contributed by atoms with Crippen LogP contribution < -0.4 is 0 Å². The molecule has 0 amide bonds. The largest absolute Gasteiger partial charge is 0.393 e. The molecule has 0 rings (SSSR count). The lowest BCUT2D eigenvalue weighted by atomic mass is 10.5. The maximum atomic E-state index is 9.84. The highest BCUT2D eigenvalue weighted by Gasteiger charge is 2.42.